The highest BCUT2D eigenvalue weighted by atomic mass is 19.2. The molecule has 2 N–H and O–H groups in total. The zero-order chi connectivity index (χ0) is 23.4. The summed E-state index contributed by atoms with van der Waals surface area (Å²) in [7, 11) is 0. The third-order valence-electron chi connectivity index (χ3n) is 5.39. The van der Waals surface area contributed by atoms with E-state index in [0.717, 1.165) is 17.7 Å². The Kier molecular flexibility index (Phi) is 6.53. The van der Waals surface area contributed by atoms with Crippen molar-refractivity contribution in [1.29, 1.82) is 0 Å². The maximum absolute atomic E-state index is 13.6. The first-order chi connectivity index (χ1) is 15.9. The Hall–Kier alpha value is -3.94. The molecule has 1 fully saturated rings. The van der Waals surface area contributed by atoms with Gasteiger partial charge in [0.05, 0.1) is 11.4 Å². The van der Waals surface area contributed by atoms with Crippen LogP contribution in [0.3, 0.4) is 0 Å². The van der Waals surface area contributed by atoms with E-state index in [1.54, 1.807) is 28.0 Å². The topological polar surface area (TPSA) is 64.7 Å². The van der Waals surface area contributed by atoms with E-state index in [9.17, 15) is 18.4 Å². The molecule has 0 radical (unpaired) electrons. The van der Waals surface area contributed by atoms with Gasteiger partial charge in [0.2, 0.25) is 0 Å². The summed E-state index contributed by atoms with van der Waals surface area (Å²) < 4.78 is 26.9. The van der Waals surface area contributed by atoms with Gasteiger partial charge in [0.25, 0.3) is 0 Å². The summed E-state index contributed by atoms with van der Waals surface area (Å²) in [5.74, 6) is -1.86. The van der Waals surface area contributed by atoms with Crippen LogP contribution in [0.15, 0.2) is 66.7 Å². The second-order valence-electron chi connectivity index (χ2n) is 7.92. The maximum Gasteiger partial charge on any atom is 0.324 e. The molecule has 0 bridgehead atoms. The van der Waals surface area contributed by atoms with Crippen molar-refractivity contribution < 1.29 is 18.4 Å². The lowest BCUT2D eigenvalue weighted by Crippen LogP contribution is -2.49. The first-order valence-corrected chi connectivity index (χ1v) is 10.6. The number of anilines is 3. The third kappa shape index (κ3) is 5.28. The van der Waals surface area contributed by atoms with Crippen molar-refractivity contribution in [3.8, 4) is 0 Å². The fraction of sp³-hybridized carbons (Fsp3) is 0.200. The van der Waals surface area contributed by atoms with E-state index in [-0.39, 0.29) is 12.6 Å². The average molecular weight is 450 g/mol. The summed E-state index contributed by atoms with van der Waals surface area (Å²) in [4.78, 5) is 29.0. The molecule has 8 heteroatoms. The molecule has 0 aromatic heterocycles. The molecule has 4 rings (SSSR count). The summed E-state index contributed by atoms with van der Waals surface area (Å²) >= 11 is 0. The number of hydrogen-bond acceptors (Lipinski definition) is 2. The van der Waals surface area contributed by atoms with E-state index in [4.69, 9.17) is 0 Å². The first kappa shape index (κ1) is 22.3. The van der Waals surface area contributed by atoms with Crippen molar-refractivity contribution in [2.24, 2.45) is 0 Å². The smallest absolute Gasteiger partial charge is 0.320 e. The van der Waals surface area contributed by atoms with Crippen LogP contribution in [-0.4, -0.2) is 30.1 Å². The molecule has 0 unspecified atom stereocenters. The van der Waals surface area contributed by atoms with Gasteiger partial charge in [-0.1, -0.05) is 30.3 Å². The lowest BCUT2D eigenvalue weighted by atomic mass is 10.1. The van der Waals surface area contributed by atoms with Crippen molar-refractivity contribution in [1.82, 2.24) is 4.90 Å². The van der Waals surface area contributed by atoms with Crippen LogP contribution in [0, 0.1) is 18.6 Å². The summed E-state index contributed by atoms with van der Waals surface area (Å²) in [6.07, 6.45) is 0.693. The molecule has 33 heavy (non-hydrogen) atoms. The fourth-order valence-electron chi connectivity index (χ4n) is 3.80. The van der Waals surface area contributed by atoms with E-state index in [1.165, 1.54) is 6.07 Å². The molecule has 170 valence electrons. The molecular formula is C25H24F2N4O2. The van der Waals surface area contributed by atoms with Crippen LogP contribution in [0.25, 0.3) is 0 Å². The molecule has 3 aromatic rings. The minimum Gasteiger partial charge on any atom is -0.320 e. The van der Waals surface area contributed by atoms with Crippen molar-refractivity contribution in [3.63, 3.8) is 0 Å². The standard InChI is InChI=1S/C25H24F2N4O2/c1-17-8-11-23(22(14-17)29-24(32)28-19-6-3-2-4-7-19)31-13-5-12-30(25(31)33)16-18-9-10-20(26)21(27)15-18/h2-4,6-11,14-15H,5,12-13,16H2,1H3,(H2,28,29,32). The monoisotopic (exact) mass is 450 g/mol. The number of benzene rings is 3. The number of urea groups is 2. The van der Waals surface area contributed by atoms with E-state index in [1.807, 2.05) is 37.3 Å². The Morgan fingerprint density at radius 2 is 1.73 bits per heavy atom. The molecule has 0 atom stereocenters. The normalized spacial score (nSPS) is 13.7. The van der Waals surface area contributed by atoms with Crippen LogP contribution >= 0.6 is 0 Å². The highest BCUT2D eigenvalue weighted by molar-refractivity contribution is 6.04. The summed E-state index contributed by atoms with van der Waals surface area (Å²) in [5, 5.41) is 5.61. The number of carbonyl (C=O) groups excluding carboxylic acids is 2. The van der Waals surface area contributed by atoms with E-state index in [0.29, 0.717) is 42.1 Å². The molecule has 0 saturated carbocycles. The van der Waals surface area contributed by atoms with Crippen LogP contribution in [-0.2, 0) is 6.54 Å². The first-order valence-electron chi connectivity index (χ1n) is 10.6. The molecule has 6 nitrogen and oxygen atoms in total. The van der Waals surface area contributed by atoms with Gasteiger partial charge in [-0.15, -0.1) is 0 Å². The van der Waals surface area contributed by atoms with Gasteiger partial charge >= 0.3 is 12.1 Å². The van der Waals surface area contributed by atoms with Gasteiger partial charge in [0, 0.05) is 25.3 Å². The average Bonchev–Trinajstić information content (AvgIpc) is 2.79. The lowest BCUT2D eigenvalue weighted by molar-refractivity contribution is 0.192. The van der Waals surface area contributed by atoms with Crippen molar-refractivity contribution >= 4 is 29.1 Å². The van der Waals surface area contributed by atoms with Crippen LogP contribution < -0.4 is 15.5 Å². The minimum absolute atomic E-state index is 0.162. The number of carbonyl (C=O) groups is 2. The Morgan fingerprint density at radius 3 is 2.48 bits per heavy atom. The van der Waals surface area contributed by atoms with E-state index >= 15 is 0 Å². The molecule has 1 saturated heterocycles. The summed E-state index contributed by atoms with van der Waals surface area (Å²) in [5.41, 5.74) is 3.16. The second kappa shape index (κ2) is 9.68. The van der Waals surface area contributed by atoms with Gasteiger partial charge in [0.1, 0.15) is 0 Å². The summed E-state index contributed by atoms with van der Waals surface area (Å²) in [6, 6.07) is 17.5. The number of rotatable bonds is 5. The number of hydrogen-bond donors (Lipinski definition) is 2. The Balaban J connectivity index is 1.53. The zero-order valence-electron chi connectivity index (χ0n) is 18.1. The SMILES string of the molecule is Cc1ccc(N2CCCN(Cc3ccc(F)c(F)c3)C2=O)c(NC(=O)Nc2ccccc2)c1. The number of nitrogens with zero attached hydrogens (tertiary/aromatic N) is 2. The summed E-state index contributed by atoms with van der Waals surface area (Å²) in [6.45, 7) is 3.04. The van der Waals surface area contributed by atoms with Gasteiger partial charge < -0.3 is 15.5 Å². The highest BCUT2D eigenvalue weighted by Gasteiger charge is 2.29. The predicted octanol–water partition coefficient (Wildman–Crippen LogP) is 5.75. The lowest BCUT2D eigenvalue weighted by Gasteiger charge is -2.36. The molecule has 3 aromatic carbocycles. The maximum atomic E-state index is 13.6. The molecule has 1 heterocycles. The number of aryl methyl sites for hydroxylation is 1. The van der Waals surface area contributed by atoms with Gasteiger partial charge in [-0.05, 0) is 60.9 Å². The Bertz CT molecular complexity index is 1170. The van der Waals surface area contributed by atoms with Crippen molar-refractivity contribution in [2.75, 3.05) is 28.6 Å². The van der Waals surface area contributed by atoms with Gasteiger partial charge in [0.15, 0.2) is 11.6 Å². The van der Waals surface area contributed by atoms with Crippen LogP contribution in [0.5, 0.6) is 0 Å². The number of para-hydroxylation sites is 1. The van der Waals surface area contributed by atoms with Crippen molar-refractivity contribution in [3.05, 3.63) is 89.5 Å². The number of nitrogens with one attached hydrogen (secondary N) is 2. The highest BCUT2D eigenvalue weighted by Crippen LogP contribution is 2.30. The molecule has 0 aliphatic carbocycles. The molecular weight excluding hydrogens is 426 g/mol. The van der Waals surface area contributed by atoms with Crippen LogP contribution in [0.1, 0.15) is 17.5 Å². The van der Waals surface area contributed by atoms with Gasteiger partial charge in [-0.25, -0.2) is 18.4 Å². The minimum atomic E-state index is -0.941. The van der Waals surface area contributed by atoms with Crippen LogP contribution in [0.2, 0.25) is 0 Å². The van der Waals surface area contributed by atoms with Gasteiger partial charge in [-0.3, -0.25) is 4.90 Å². The molecule has 4 amide bonds. The van der Waals surface area contributed by atoms with Crippen molar-refractivity contribution in [2.45, 2.75) is 19.9 Å². The Morgan fingerprint density at radius 1 is 0.939 bits per heavy atom. The predicted molar refractivity (Wildman–Crippen MR) is 124 cm³/mol. The molecule has 1 aliphatic heterocycles. The zero-order valence-corrected chi connectivity index (χ0v) is 18.1. The Labute approximate surface area is 190 Å². The quantitative estimate of drug-likeness (QED) is 0.520. The van der Waals surface area contributed by atoms with Crippen LogP contribution in [0.4, 0.5) is 35.4 Å². The number of amides is 4. The van der Waals surface area contributed by atoms with E-state index < -0.39 is 17.7 Å². The second-order valence-corrected chi connectivity index (χ2v) is 7.92. The third-order valence-corrected chi connectivity index (χ3v) is 5.39. The van der Waals surface area contributed by atoms with Gasteiger partial charge in [-0.2, -0.15) is 0 Å². The van der Waals surface area contributed by atoms with E-state index in [2.05, 4.69) is 10.6 Å². The fourth-order valence-corrected chi connectivity index (χ4v) is 3.80. The number of halogens is 2. The molecule has 0 spiro atoms. The molecule has 1 aliphatic rings. The largest absolute Gasteiger partial charge is 0.324 e.